The average molecular weight is 540 g/mol. The predicted octanol–water partition coefficient (Wildman–Crippen LogP) is 2.19. The molecule has 2 saturated carbocycles. The summed E-state index contributed by atoms with van der Waals surface area (Å²) in [7, 11) is 0. The lowest BCUT2D eigenvalue weighted by atomic mass is 9.39. The Labute approximate surface area is 226 Å². The number of hydrogen-bond acceptors (Lipinski definition) is 8. The van der Waals surface area contributed by atoms with Crippen LogP contribution in [-0.4, -0.2) is 80.5 Å². The lowest BCUT2D eigenvalue weighted by Crippen LogP contribution is -2.66. The van der Waals surface area contributed by atoms with E-state index in [2.05, 4.69) is 40.7 Å². The molecule has 0 bridgehead atoms. The van der Waals surface area contributed by atoms with Gasteiger partial charge in [0.25, 0.3) is 0 Å². The summed E-state index contributed by atoms with van der Waals surface area (Å²) in [5, 5.41) is 51.9. The van der Waals surface area contributed by atoms with Crippen LogP contribution in [0.15, 0.2) is 11.6 Å². The van der Waals surface area contributed by atoms with E-state index >= 15 is 0 Å². The van der Waals surface area contributed by atoms with Gasteiger partial charge >= 0.3 is 5.97 Å². The fraction of sp³-hybridized carbons (Fsp3) is 0.897. The topological polar surface area (TPSA) is 163 Å². The number of aliphatic hydroxyl groups excluding tert-OH is 4. The fourth-order valence-corrected chi connectivity index (χ4v) is 9.06. The normalized spacial score (nSPS) is 49.4. The van der Waals surface area contributed by atoms with Crippen molar-refractivity contribution in [2.75, 3.05) is 0 Å². The summed E-state index contributed by atoms with van der Waals surface area (Å²) in [4.78, 5) is 11.4. The number of aliphatic hydroxyl groups is 4. The van der Waals surface area contributed by atoms with Gasteiger partial charge in [0.2, 0.25) is 0 Å². The number of ether oxygens (including phenoxy) is 2. The summed E-state index contributed by atoms with van der Waals surface area (Å²) in [6.07, 6.45) is -0.516. The maximum atomic E-state index is 11.5. The molecule has 0 unspecified atom stereocenters. The van der Waals surface area contributed by atoms with Crippen molar-refractivity contribution >= 4 is 5.97 Å². The molecule has 0 radical (unpaired) electrons. The highest BCUT2D eigenvalue weighted by atomic mass is 16.7. The SMILES string of the molecule is CC1=CC[C@@H]2[C@]3(C)C[C@H](O[C@@H]4O[C@@H](C)[C@H](O)[C@@H](O)[C@H]4O)[C@@H](O)C(C)(C)[C@H]3CC[C@@]2(C)[C@H]1CC[C@H](N)C(=O)O. The molecule has 13 atom stereocenters. The summed E-state index contributed by atoms with van der Waals surface area (Å²) < 4.78 is 12.0. The Morgan fingerprint density at radius 1 is 1.11 bits per heavy atom. The predicted molar refractivity (Wildman–Crippen MR) is 141 cm³/mol. The molecule has 4 rings (SSSR count). The first-order valence-corrected chi connectivity index (χ1v) is 14.2. The molecule has 0 amide bonds. The van der Waals surface area contributed by atoms with E-state index in [0.29, 0.717) is 12.8 Å². The highest BCUT2D eigenvalue weighted by Crippen LogP contribution is 2.69. The molecule has 0 aromatic heterocycles. The van der Waals surface area contributed by atoms with Crippen LogP contribution in [0.2, 0.25) is 0 Å². The van der Waals surface area contributed by atoms with Crippen molar-refractivity contribution in [3.05, 3.63) is 11.6 Å². The van der Waals surface area contributed by atoms with Crippen LogP contribution >= 0.6 is 0 Å². The summed E-state index contributed by atoms with van der Waals surface area (Å²) in [5.41, 5.74) is 6.46. The van der Waals surface area contributed by atoms with E-state index in [0.717, 1.165) is 25.7 Å². The first-order valence-electron chi connectivity index (χ1n) is 14.2. The smallest absolute Gasteiger partial charge is 0.320 e. The highest BCUT2D eigenvalue weighted by Gasteiger charge is 2.65. The van der Waals surface area contributed by atoms with E-state index in [4.69, 9.17) is 15.2 Å². The largest absolute Gasteiger partial charge is 0.480 e. The molecule has 0 aromatic carbocycles. The number of carbonyl (C=O) groups is 1. The van der Waals surface area contributed by atoms with E-state index in [1.54, 1.807) is 6.92 Å². The van der Waals surface area contributed by atoms with Gasteiger partial charge in [-0.3, -0.25) is 4.79 Å². The zero-order valence-electron chi connectivity index (χ0n) is 23.7. The second-order valence-corrected chi connectivity index (χ2v) is 13.7. The number of rotatable bonds is 6. The van der Waals surface area contributed by atoms with Gasteiger partial charge in [0, 0.05) is 0 Å². The molecule has 7 N–H and O–H groups in total. The van der Waals surface area contributed by atoms with Gasteiger partial charge in [-0.05, 0) is 86.4 Å². The molecule has 0 spiro atoms. The summed E-state index contributed by atoms with van der Waals surface area (Å²) in [5.74, 6) is -0.230. The van der Waals surface area contributed by atoms with Crippen LogP contribution in [0.25, 0.3) is 0 Å². The van der Waals surface area contributed by atoms with Crippen LogP contribution in [0, 0.1) is 34.0 Å². The number of carboxylic acid groups (broad SMARTS) is 1. The van der Waals surface area contributed by atoms with E-state index in [-0.39, 0.29) is 28.6 Å². The van der Waals surface area contributed by atoms with Crippen molar-refractivity contribution < 1.29 is 39.8 Å². The lowest BCUT2D eigenvalue weighted by Gasteiger charge is -2.67. The third-order valence-corrected chi connectivity index (χ3v) is 11.2. The van der Waals surface area contributed by atoms with Gasteiger partial charge in [-0.15, -0.1) is 0 Å². The number of allylic oxidation sites excluding steroid dienone is 2. The zero-order chi connectivity index (χ0) is 28.4. The van der Waals surface area contributed by atoms with Crippen molar-refractivity contribution in [2.45, 2.75) is 129 Å². The summed E-state index contributed by atoms with van der Waals surface area (Å²) in [6, 6.07) is -0.876. The Morgan fingerprint density at radius 3 is 2.39 bits per heavy atom. The first-order chi connectivity index (χ1) is 17.6. The van der Waals surface area contributed by atoms with Crippen molar-refractivity contribution in [1.82, 2.24) is 0 Å². The van der Waals surface area contributed by atoms with Gasteiger partial charge in [0.05, 0.1) is 18.3 Å². The maximum Gasteiger partial charge on any atom is 0.320 e. The van der Waals surface area contributed by atoms with E-state index < -0.39 is 60.3 Å². The van der Waals surface area contributed by atoms with Crippen molar-refractivity contribution in [3.63, 3.8) is 0 Å². The van der Waals surface area contributed by atoms with Crippen LogP contribution in [0.3, 0.4) is 0 Å². The Kier molecular flexibility index (Phi) is 8.18. The number of carboxylic acids is 1. The van der Waals surface area contributed by atoms with Crippen LogP contribution < -0.4 is 5.73 Å². The molecule has 3 fully saturated rings. The monoisotopic (exact) mass is 539 g/mol. The standard InChI is InChI=1S/C29H49NO8/c1-14-7-10-20-28(5,16(14)8-9-17(30)25(35)36)12-11-19-27(3,4)24(34)18(13-29(19,20)6)38-26-23(33)22(32)21(31)15(2)37-26/h7,15-24,26,31-34H,8-13,30H2,1-6H3,(H,35,36)/t15-,16-,17-,18-,19+,20-,21-,22+,23+,24+,26-,28-,29+/m0/s1. The Bertz CT molecular complexity index is 924. The quantitative estimate of drug-likeness (QED) is 0.219. The van der Waals surface area contributed by atoms with Gasteiger partial charge in [0.15, 0.2) is 6.29 Å². The highest BCUT2D eigenvalue weighted by molar-refractivity contribution is 5.72. The van der Waals surface area contributed by atoms with Crippen LogP contribution in [0.1, 0.15) is 80.1 Å². The number of hydrogen-bond donors (Lipinski definition) is 6. The Balaban J connectivity index is 1.62. The van der Waals surface area contributed by atoms with Crippen molar-refractivity contribution in [3.8, 4) is 0 Å². The summed E-state index contributed by atoms with van der Waals surface area (Å²) in [6.45, 7) is 12.6. The molecule has 4 aliphatic rings. The molecule has 9 heteroatoms. The van der Waals surface area contributed by atoms with Gasteiger partial charge in [-0.2, -0.15) is 0 Å². The zero-order valence-corrected chi connectivity index (χ0v) is 23.7. The van der Waals surface area contributed by atoms with Crippen molar-refractivity contribution in [2.24, 2.45) is 39.7 Å². The molecule has 1 saturated heterocycles. The average Bonchev–Trinajstić information content (AvgIpc) is 2.83. The van der Waals surface area contributed by atoms with Gasteiger partial charge in [-0.25, -0.2) is 0 Å². The van der Waals surface area contributed by atoms with Crippen LogP contribution in [0.5, 0.6) is 0 Å². The second-order valence-electron chi connectivity index (χ2n) is 13.7. The molecular formula is C29H49NO8. The Morgan fingerprint density at radius 2 is 1.76 bits per heavy atom. The fourth-order valence-electron chi connectivity index (χ4n) is 9.06. The third-order valence-electron chi connectivity index (χ3n) is 11.2. The second kappa shape index (κ2) is 10.4. The van der Waals surface area contributed by atoms with Crippen molar-refractivity contribution in [1.29, 1.82) is 0 Å². The molecule has 218 valence electrons. The number of fused-ring (bicyclic) bond motifs is 3. The first kappa shape index (κ1) is 29.9. The minimum atomic E-state index is -1.43. The molecule has 9 nitrogen and oxygen atoms in total. The van der Waals surface area contributed by atoms with Gasteiger partial charge < -0.3 is 40.7 Å². The molecule has 1 aliphatic heterocycles. The minimum Gasteiger partial charge on any atom is -0.480 e. The molecule has 0 aromatic rings. The maximum absolute atomic E-state index is 11.5. The number of nitrogens with two attached hydrogens (primary N) is 1. The van der Waals surface area contributed by atoms with E-state index in [9.17, 15) is 30.3 Å². The molecular weight excluding hydrogens is 490 g/mol. The van der Waals surface area contributed by atoms with Crippen LogP contribution in [0.4, 0.5) is 0 Å². The van der Waals surface area contributed by atoms with Gasteiger partial charge in [0.1, 0.15) is 24.4 Å². The lowest BCUT2D eigenvalue weighted by molar-refractivity contribution is -0.329. The Hall–Kier alpha value is -1.07. The summed E-state index contributed by atoms with van der Waals surface area (Å²) >= 11 is 0. The van der Waals surface area contributed by atoms with E-state index in [1.807, 2.05) is 0 Å². The number of aliphatic carboxylic acids is 1. The van der Waals surface area contributed by atoms with Crippen LogP contribution in [-0.2, 0) is 14.3 Å². The molecule has 1 heterocycles. The molecule has 38 heavy (non-hydrogen) atoms. The molecule has 3 aliphatic carbocycles. The van der Waals surface area contributed by atoms with E-state index in [1.165, 1.54) is 5.57 Å². The minimum absolute atomic E-state index is 0.0547. The van der Waals surface area contributed by atoms with Gasteiger partial charge in [-0.1, -0.05) is 39.3 Å². The third kappa shape index (κ3) is 4.76.